The van der Waals surface area contributed by atoms with Crippen molar-refractivity contribution in [3.05, 3.63) is 0 Å². The maximum atomic E-state index is 8.68. The highest BCUT2D eigenvalue weighted by Gasteiger charge is 2.16. The maximum absolute atomic E-state index is 8.68. The van der Waals surface area contributed by atoms with Gasteiger partial charge in [0.1, 0.15) is 0 Å². The number of hydrogen-bond donors (Lipinski definition) is 1. The van der Waals surface area contributed by atoms with E-state index in [-0.39, 0.29) is 19.0 Å². The molecule has 3 heteroatoms. The van der Waals surface area contributed by atoms with Gasteiger partial charge in [0, 0.05) is 6.61 Å². The maximum Gasteiger partial charge on any atom is 0.158 e. The highest BCUT2D eigenvalue weighted by molar-refractivity contribution is 4.56. The number of hydrogen-bond acceptors (Lipinski definition) is 3. The van der Waals surface area contributed by atoms with Crippen molar-refractivity contribution in [1.82, 2.24) is 0 Å². The van der Waals surface area contributed by atoms with Crippen LogP contribution in [0.25, 0.3) is 0 Å². The molecule has 0 aromatic heterocycles. The summed E-state index contributed by atoms with van der Waals surface area (Å²) in [4.78, 5) is 0. The Bertz CT molecular complexity index is 99.5. The van der Waals surface area contributed by atoms with E-state index in [1.807, 2.05) is 6.92 Å². The van der Waals surface area contributed by atoms with Gasteiger partial charge in [0.15, 0.2) is 6.29 Å². The van der Waals surface area contributed by atoms with Gasteiger partial charge in [0.2, 0.25) is 0 Å². The largest absolute Gasteiger partial charge is 0.394 e. The van der Waals surface area contributed by atoms with E-state index in [0.29, 0.717) is 0 Å². The third kappa shape index (κ3) is 3.18. The summed E-state index contributed by atoms with van der Waals surface area (Å²) >= 11 is 0. The van der Waals surface area contributed by atoms with E-state index in [1.165, 1.54) is 6.42 Å². The average molecular weight is 160 g/mol. The topological polar surface area (TPSA) is 38.7 Å². The second kappa shape index (κ2) is 4.70. The van der Waals surface area contributed by atoms with Gasteiger partial charge in [-0.2, -0.15) is 0 Å². The van der Waals surface area contributed by atoms with Crippen LogP contribution < -0.4 is 0 Å². The number of rotatable bonds is 3. The van der Waals surface area contributed by atoms with Crippen molar-refractivity contribution in [1.29, 1.82) is 0 Å². The Labute approximate surface area is 67.3 Å². The van der Waals surface area contributed by atoms with Crippen molar-refractivity contribution in [2.24, 2.45) is 0 Å². The second-order valence-corrected chi connectivity index (χ2v) is 2.93. The Morgan fingerprint density at radius 3 is 3.00 bits per heavy atom. The molecular weight excluding hydrogens is 144 g/mol. The SMILES string of the molecule is CC(CO)O[C@H]1CCCCO1. The van der Waals surface area contributed by atoms with E-state index < -0.39 is 0 Å². The van der Waals surface area contributed by atoms with E-state index >= 15 is 0 Å². The van der Waals surface area contributed by atoms with Crippen LogP contribution in [0, 0.1) is 0 Å². The first kappa shape index (κ1) is 8.97. The molecule has 3 nitrogen and oxygen atoms in total. The van der Waals surface area contributed by atoms with Gasteiger partial charge in [-0.3, -0.25) is 0 Å². The zero-order valence-corrected chi connectivity index (χ0v) is 6.95. The van der Waals surface area contributed by atoms with E-state index in [0.717, 1.165) is 19.4 Å². The van der Waals surface area contributed by atoms with Gasteiger partial charge in [-0.25, -0.2) is 0 Å². The lowest BCUT2D eigenvalue weighted by Gasteiger charge is -2.25. The second-order valence-electron chi connectivity index (χ2n) is 2.93. The first-order valence-corrected chi connectivity index (χ1v) is 4.21. The molecule has 0 spiro atoms. The van der Waals surface area contributed by atoms with Crippen molar-refractivity contribution in [3.63, 3.8) is 0 Å². The quantitative estimate of drug-likeness (QED) is 0.667. The average Bonchev–Trinajstić information content (AvgIpc) is 2.06. The fraction of sp³-hybridized carbons (Fsp3) is 1.00. The van der Waals surface area contributed by atoms with E-state index in [2.05, 4.69) is 0 Å². The van der Waals surface area contributed by atoms with Gasteiger partial charge in [-0.05, 0) is 26.2 Å². The normalized spacial score (nSPS) is 28.4. The zero-order chi connectivity index (χ0) is 8.10. The predicted octanol–water partition coefficient (Wildman–Crippen LogP) is 0.910. The summed E-state index contributed by atoms with van der Waals surface area (Å²) in [5, 5.41) is 8.68. The highest BCUT2D eigenvalue weighted by atomic mass is 16.7. The lowest BCUT2D eigenvalue weighted by Crippen LogP contribution is -2.28. The van der Waals surface area contributed by atoms with Crippen LogP contribution >= 0.6 is 0 Å². The minimum atomic E-state index is -0.0990. The first-order valence-electron chi connectivity index (χ1n) is 4.21. The number of aliphatic hydroxyl groups is 1. The molecule has 1 rings (SSSR count). The Morgan fingerprint density at radius 2 is 2.45 bits per heavy atom. The summed E-state index contributed by atoms with van der Waals surface area (Å²) in [6.07, 6.45) is 3.09. The molecule has 0 aliphatic carbocycles. The standard InChI is InChI=1S/C8H16O3/c1-7(6-9)11-8-4-2-3-5-10-8/h7-9H,2-6H2,1H3/t7?,8-/m0/s1. The minimum absolute atomic E-state index is 0.0693. The molecule has 1 N–H and O–H groups in total. The molecule has 66 valence electrons. The number of ether oxygens (including phenoxy) is 2. The molecule has 1 unspecified atom stereocenters. The van der Waals surface area contributed by atoms with E-state index in [1.54, 1.807) is 0 Å². The van der Waals surface area contributed by atoms with E-state index in [9.17, 15) is 0 Å². The van der Waals surface area contributed by atoms with Gasteiger partial charge < -0.3 is 14.6 Å². The third-order valence-electron chi connectivity index (χ3n) is 1.78. The molecule has 2 atom stereocenters. The van der Waals surface area contributed by atoms with Crippen molar-refractivity contribution in [3.8, 4) is 0 Å². The smallest absolute Gasteiger partial charge is 0.158 e. The Morgan fingerprint density at radius 1 is 1.64 bits per heavy atom. The van der Waals surface area contributed by atoms with Gasteiger partial charge in [0.05, 0.1) is 12.7 Å². The van der Waals surface area contributed by atoms with Crippen LogP contribution in [0.5, 0.6) is 0 Å². The van der Waals surface area contributed by atoms with Crippen molar-refractivity contribution in [2.45, 2.75) is 38.6 Å². The fourth-order valence-electron chi connectivity index (χ4n) is 1.12. The molecular formula is C8H16O3. The lowest BCUT2D eigenvalue weighted by molar-refractivity contribution is -0.190. The molecule has 1 aliphatic heterocycles. The third-order valence-corrected chi connectivity index (χ3v) is 1.78. The Hall–Kier alpha value is -0.120. The van der Waals surface area contributed by atoms with Crippen LogP contribution in [0.2, 0.25) is 0 Å². The van der Waals surface area contributed by atoms with E-state index in [4.69, 9.17) is 14.6 Å². The molecule has 11 heavy (non-hydrogen) atoms. The summed E-state index contributed by atoms with van der Waals surface area (Å²) in [5.74, 6) is 0. The molecule has 0 amide bonds. The molecule has 1 heterocycles. The highest BCUT2D eigenvalue weighted by Crippen LogP contribution is 2.14. The fourth-order valence-corrected chi connectivity index (χ4v) is 1.12. The van der Waals surface area contributed by atoms with Crippen LogP contribution in [0.4, 0.5) is 0 Å². The summed E-state index contributed by atoms with van der Waals surface area (Å²) in [5.41, 5.74) is 0. The molecule has 0 saturated carbocycles. The summed E-state index contributed by atoms with van der Waals surface area (Å²) < 4.78 is 10.7. The van der Waals surface area contributed by atoms with Gasteiger partial charge >= 0.3 is 0 Å². The molecule has 1 saturated heterocycles. The summed E-state index contributed by atoms with van der Waals surface area (Å²) in [6, 6.07) is 0. The lowest BCUT2D eigenvalue weighted by atomic mass is 10.2. The van der Waals surface area contributed by atoms with Crippen LogP contribution in [0.3, 0.4) is 0 Å². The first-order chi connectivity index (χ1) is 5.33. The summed E-state index contributed by atoms with van der Waals surface area (Å²) in [7, 11) is 0. The zero-order valence-electron chi connectivity index (χ0n) is 6.95. The van der Waals surface area contributed by atoms with Gasteiger partial charge in [0.25, 0.3) is 0 Å². The molecule has 1 fully saturated rings. The van der Waals surface area contributed by atoms with Gasteiger partial charge in [-0.15, -0.1) is 0 Å². The van der Waals surface area contributed by atoms with Crippen LogP contribution in [0.15, 0.2) is 0 Å². The molecule has 0 bridgehead atoms. The van der Waals surface area contributed by atoms with Crippen molar-refractivity contribution in [2.75, 3.05) is 13.2 Å². The number of aliphatic hydroxyl groups excluding tert-OH is 1. The van der Waals surface area contributed by atoms with Crippen LogP contribution in [-0.4, -0.2) is 30.7 Å². The van der Waals surface area contributed by atoms with Crippen molar-refractivity contribution < 1.29 is 14.6 Å². The van der Waals surface area contributed by atoms with Crippen molar-refractivity contribution >= 4 is 0 Å². The van der Waals surface area contributed by atoms with Gasteiger partial charge in [-0.1, -0.05) is 0 Å². The monoisotopic (exact) mass is 160 g/mol. The molecule has 0 aromatic rings. The predicted molar refractivity (Wildman–Crippen MR) is 41.2 cm³/mol. The summed E-state index contributed by atoms with van der Waals surface area (Å²) in [6.45, 7) is 2.71. The molecule has 0 radical (unpaired) electrons. The minimum Gasteiger partial charge on any atom is -0.394 e. The van der Waals surface area contributed by atoms with Crippen LogP contribution in [-0.2, 0) is 9.47 Å². The molecule has 1 aliphatic rings. The Balaban J connectivity index is 2.13. The molecule has 0 aromatic carbocycles. The van der Waals surface area contributed by atoms with Crippen LogP contribution in [0.1, 0.15) is 26.2 Å². The Kier molecular flexibility index (Phi) is 3.83.